The van der Waals surface area contributed by atoms with Gasteiger partial charge in [-0.05, 0) is 49.1 Å². The molecule has 0 fully saturated rings. The Labute approximate surface area is 255 Å². The van der Waals surface area contributed by atoms with Crippen molar-refractivity contribution < 1.29 is 14.3 Å². The molecule has 3 heterocycles. The number of thioether (sulfide) groups is 1. The van der Waals surface area contributed by atoms with Crippen molar-refractivity contribution in [3.63, 3.8) is 0 Å². The number of carbonyl (C=O) groups is 2. The summed E-state index contributed by atoms with van der Waals surface area (Å²) >= 11 is 10.1. The van der Waals surface area contributed by atoms with Crippen LogP contribution in [0.25, 0.3) is 0 Å². The third-order valence-electron chi connectivity index (χ3n) is 6.78. The molecule has 3 N–H and O–H groups in total. The van der Waals surface area contributed by atoms with E-state index < -0.39 is 5.92 Å². The summed E-state index contributed by atoms with van der Waals surface area (Å²) in [6.45, 7) is 6.09. The molecule has 41 heavy (non-hydrogen) atoms. The van der Waals surface area contributed by atoms with Crippen LogP contribution in [0, 0.1) is 23.7 Å². The minimum Gasteiger partial charge on any atom is -0.495 e. The number of Topliss-reactive ketones (excluding diaryl/α,β-unsaturated/α-hetero) is 1. The van der Waals surface area contributed by atoms with Crippen LogP contribution in [0.5, 0.6) is 5.75 Å². The van der Waals surface area contributed by atoms with Gasteiger partial charge in [0.05, 0.1) is 36.1 Å². The Morgan fingerprint density at radius 3 is 2.76 bits per heavy atom. The van der Waals surface area contributed by atoms with E-state index in [0.717, 1.165) is 15.5 Å². The van der Waals surface area contributed by atoms with E-state index in [-0.39, 0.29) is 28.7 Å². The summed E-state index contributed by atoms with van der Waals surface area (Å²) in [5.74, 6) is 0.0311. The number of nitrogens with one attached hydrogen (secondary N) is 1. The normalized spacial score (nSPS) is 18.3. The van der Waals surface area contributed by atoms with Crippen molar-refractivity contribution in [2.24, 2.45) is 11.1 Å². The van der Waals surface area contributed by atoms with Gasteiger partial charge in [-0.15, -0.1) is 21.5 Å². The molecule has 3 aromatic rings. The second kappa shape index (κ2) is 11.5. The molecule has 1 aliphatic carbocycles. The highest BCUT2D eigenvalue weighted by Crippen LogP contribution is 2.51. The molecule has 212 valence electrons. The SMILES string of the molecule is COc1ccc(Cl)cc1NC(=O)CSc1nnc(N2C(N)=C(C#N)C(c3ccc(C)s3)C3=C2CC(C)(C)CC3=O)s1. The number of amides is 1. The van der Waals surface area contributed by atoms with Gasteiger partial charge in [-0.3, -0.25) is 14.5 Å². The van der Waals surface area contributed by atoms with E-state index in [4.69, 9.17) is 22.1 Å². The van der Waals surface area contributed by atoms with E-state index in [1.165, 1.54) is 30.2 Å². The Bertz CT molecular complexity index is 1650. The number of ether oxygens (including phenoxy) is 1. The van der Waals surface area contributed by atoms with Crippen molar-refractivity contribution in [2.75, 3.05) is 23.1 Å². The molecule has 2 aromatic heterocycles. The first-order chi connectivity index (χ1) is 19.5. The third kappa shape index (κ3) is 5.85. The molecule has 0 saturated heterocycles. The number of methoxy groups -OCH3 is 1. The molecule has 9 nitrogen and oxygen atoms in total. The van der Waals surface area contributed by atoms with Crippen molar-refractivity contribution in [1.82, 2.24) is 10.2 Å². The average molecular weight is 627 g/mol. The number of rotatable bonds is 7. The topological polar surface area (TPSA) is 134 Å². The van der Waals surface area contributed by atoms with Crippen LogP contribution < -0.4 is 20.7 Å². The predicted octanol–water partition coefficient (Wildman–Crippen LogP) is 6.24. The Balaban J connectivity index is 1.44. The lowest BCUT2D eigenvalue weighted by molar-refractivity contribution is -0.118. The number of aromatic nitrogens is 2. The molecular weight excluding hydrogens is 600 g/mol. The van der Waals surface area contributed by atoms with Gasteiger partial charge in [0.15, 0.2) is 10.1 Å². The number of thiophene rings is 1. The zero-order valence-corrected chi connectivity index (χ0v) is 26.0. The molecule has 1 unspecified atom stereocenters. The van der Waals surface area contributed by atoms with Gasteiger partial charge in [-0.25, -0.2) is 0 Å². The lowest BCUT2D eigenvalue weighted by Gasteiger charge is -2.42. The highest BCUT2D eigenvalue weighted by Gasteiger charge is 2.45. The summed E-state index contributed by atoms with van der Waals surface area (Å²) in [5.41, 5.74) is 8.52. The fraction of sp³-hybridized carbons (Fsp3) is 0.321. The zero-order chi connectivity index (χ0) is 29.5. The van der Waals surface area contributed by atoms with Crippen molar-refractivity contribution in [1.29, 1.82) is 5.26 Å². The van der Waals surface area contributed by atoms with Crippen LogP contribution in [0.15, 0.2) is 57.3 Å². The zero-order valence-electron chi connectivity index (χ0n) is 22.8. The fourth-order valence-electron chi connectivity index (χ4n) is 5.06. The molecule has 2 aliphatic rings. The molecule has 1 aromatic carbocycles. The standard InChI is InChI=1S/C28H27ClN6O3S3/c1-14-5-8-21(40-14)23-16(12-30)25(31)35(18-10-28(2,3)11-19(36)24(18)23)26-33-34-27(41-26)39-13-22(37)32-17-9-15(29)6-7-20(17)38-4/h5-9,23H,10-11,13,31H2,1-4H3,(H,32,37). The Kier molecular flexibility index (Phi) is 8.16. The quantitative estimate of drug-likeness (QED) is 0.292. The molecule has 1 atom stereocenters. The molecule has 5 rings (SSSR count). The number of nitrogens with two attached hydrogens (primary N) is 1. The Hall–Kier alpha value is -3.37. The van der Waals surface area contributed by atoms with Gasteiger partial charge in [0, 0.05) is 32.5 Å². The molecule has 13 heteroatoms. The van der Waals surface area contributed by atoms with Crippen LogP contribution >= 0.6 is 46.0 Å². The predicted molar refractivity (Wildman–Crippen MR) is 163 cm³/mol. The number of anilines is 2. The van der Waals surface area contributed by atoms with Crippen LogP contribution in [0.4, 0.5) is 10.8 Å². The first kappa shape index (κ1) is 29.1. The van der Waals surface area contributed by atoms with E-state index in [2.05, 4.69) is 21.6 Å². The highest BCUT2D eigenvalue weighted by atomic mass is 35.5. The summed E-state index contributed by atoms with van der Waals surface area (Å²) in [4.78, 5) is 30.0. The first-order valence-electron chi connectivity index (χ1n) is 12.6. The molecule has 0 saturated carbocycles. The van der Waals surface area contributed by atoms with Crippen molar-refractivity contribution in [2.45, 2.75) is 43.9 Å². The fourth-order valence-corrected chi connectivity index (χ4v) is 7.91. The van der Waals surface area contributed by atoms with Gasteiger partial charge in [0.2, 0.25) is 11.0 Å². The maximum absolute atomic E-state index is 13.6. The number of benzene rings is 1. The minimum atomic E-state index is -0.512. The third-order valence-corrected chi connectivity index (χ3v) is 10.1. The summed E-state index contributed by atoms with van der Waals surface area (Å²) < 4.78 is 5.83. The number of nitrogens with zero attached hydrogens (tertiary/aromatic N) is 4. The lowest BCUT2D eigenvalue weighted by Crippen LogP contribution is -2.42. The second-order valence-electron chi connectivity index (χ2n) is 10.5. The number of halogens is 1. The molecule has 1 amide bonds. The van der Waals surface area contributed by atoms with Gasteiger partial charge >= 0.3 is 0 Å². The number of carbonyl (C=O) groups excluding carboxylic acids is 2. The number of nitriles is 1. The van der Waals surface area contributed by atoms with Crippen molar-refractivity contribution in [3.05, 3.63) is 67.8 Å². The maximum atomic E-state index is 13.6. The molecule has 0 radical (unpaired) electrons. The summed E-state index contributed by atoms with van der Waals surface area (Å²) in [7, 11) is 1.51. The Morgan fingerprint density at radius 1 is 1.29 bits per heavy atom. The largest absolute Gasteiger partial charge is 0.495 e. The number of allylic oxidation sites excluding steroid dienone is 3. The summed E-state index contributed by atoms with van der Waals surface area (Å²) in [6.07, 6.45) is 0.961. The molecule has 0 spiro atoms. The van der Waals surface area contributed by atoms with Crippen LogP contribution in [-0.4, -0.2) is 34.8 Å². The van der Waals surface area contributed by atoms with Crippen molar-refractivity contribution in [3.8, 4) is 11.8 Å². The Morgan fingerprint density at radius 2 is 2.07 bits per heavy atom. The molecule has 0 bridgehead atoms. The average Bonchev–Trinajstić information content (AvgIpc) is 3.55. The van der Waals surface area contributed by atoms with Crippen LogP contribution in [0.2, 0.25) is 5.02 Å². The smallest absolute Gasteiger partial charge is 0.234 e. The van der Waals surface area contributed by atoms with Crippen LogP contribution in [-0.2, 0) is 9.59 Å². The van der Waals surface area contributed by atoms with Crippen molar-refractivity contribution >= 4 is 68.5 Å². The lowest BCUT2D eigenvalue weighted by atomic mass is 9.70. The monoisotopic (exact) mass is 626 g/mol. The summed E-state index contributed by atoms with van der Waals surface area (Å²) in [5, 5.41) is 22.6. The van der Waals surface area contributed by atoms with Gasteiger partial charge < -0.3 is 15.8 Å². The number of ketones is 1. The van der Waals surface area contributed by atoms with Gasteiger partial charge in [0.25, 0.3) is 0 Å². The molecule has 1 aliphatic heterocycles. The minimum absolute atomic E-state index is 0.00443. The van der Waals surface area contributed by atoms with Crippen LogP contribution in [0.1, 0.15) is 42.4 Å². The van der Waals surface area contributed by atoms with Gasteiger partial charge in [-0.2, -0.15) is 5.26 Å². The number of hydrogen-bond donors (Lipinski definition) is 2. The highest BCUT2D eigenvalue weighted by molar-refractivity contribution is 8.01. The van der Waals surface area contributed by atoms with Gasteiger partial charge in [0.1, 0.15) is 11.6 Å². The van der Waals surface area contributed by atoms with Gasteiger partial charge in [-0.1, -0.05) is 48.5 Å². The number of hydrogen-bond acceptors (Lipinski definition) is 11. The first-order valence-corrected chi connectivity index (χ1v) is 15.6. The molecular formula is C28H27ClN6O3S3. The van der Waals surface area contributed by atoms with E-state index >= 15 is 0 Å². The second-order valence-corrected chi connectivity index (χ2v) is 14.4. The maximum Gasteiger partial charge on any atom is 0.234 e. The number of aryl methyl sites for hydroxylation is 1. The summed E-state index contributed by atoms with van der Waals surface area (Å²) in [6, 6.07) is 11.2. The van der Waals surface area contributed by atoms with E-state index in [1.807, 2.05) is 32.9 Å². The van der Waals surface area contributed by atoms with E-state index in [9.17, 15) is 14.9 Å². The van der Waals surface area contributed by atoms with E-state index in [1.54, 1.807) is 34.4 Å². The van der Waals surface area contributed by atoms with Crippen LogP contribution in [0.3, 0.4) is 0 Å². The van der Waals surface area contributed by atoms with E-state index in [0.29, 0.717) is 49.9 Å².